The highest BCUT2D eigenvalue weighted by Gasteiger charge is 2.18. The number of thiophene rings is 1. The molecule has 102 valence electrons. The lowest BCUT2D eigenvalue weighted by atomic mass is 10.0. The Hall–Kier alpha value is -1.19. The summed E-state index contributed by atoms with van der Waals surface area (Å²) in [4.78, 5) is 1.32. The molecule has 0 saturated carbocycles. The van der Waals surface area contributed by atoms with E-state index in [9.17, 15) is 0 Å². The van der Waals surface area contributed by atoms with Gasteiger partial charge in [0, 0.05) is 9.90 Å². The van der Waals surface area contributed by atoms with Gasteiger partial charge in [-0.15, -0.1) is 11.3 Å². The second-order valence-electron chi connectivity index (χ2n) is 4.73. The van der Waals surface area contributed by atoms with Crippen molar-refractivity contribution in [1.29, 1.82) is 0 Å². The van der Waals surface area contributed by atoms with Gasteiger partial charge in [-0.05, 0) is 35.6 Å². The van der Waals surface area contributed by atoms with Crippen LogP contribution in [0.4, 0.5) is 5.69 Å². The Bertz CT molecular complexity index is 525. The lowest BCUT2D eigenvalue weighted by molar-refractivity contribution is 0.415. The summed E-state index contributed by atoms with van der Waals surface area (Å²) < 4.78 is 5.38. The fourth-order valence-corrected chi connectivity index (χ4v) is 3.12. The van der Waals surface area contributed by atoms with Crippen LogP contribution < -0.4 is 10.1 Å². The van der Waals surface area contributed by atoms with Gasteiger partial charge < -0.3 is 10.1 Å². The van der Waals surface area contributed by atoms with E-state index in [1.54, 1.807) is 18.4 Å². The molecule has 2 rings (SSSR count). The molecule has 1 aromatic heterocycles. The van der Waals surface area contributed by atoms with Gasteiger partial charge >= 0.3 is 0 Å². The molecule has 2 aromatic rings. The van der Waals surface area contributed by atoms with Crippen LogP contribution in [-0.2, 0) is 0 Å². The molecule has 19 heavy (non-hydrogen) atoms. The van der Waals surface area contributed by atoms with Crippen LogP contribution in [0.25, 0.3) is 0 Å². The first-order chi connectivity index (χ1) is 9.11. The maximum atomic E-state index is 6.07. The third-order valence-electron chi connectivity index (χ3n) is 2.99. The van der Waals surface area contributed by atoms with E-state index in [1.807, 2.05) is 18.2 Å². The van der Waals surface area contributed by atoms with Gasteiger partial charge in [0.1, 0.15) is 5.75 Å². The maximum absolute atomic E-state index is 6.07. The minimum Gasteiger partial charge on any atom is -0.495 e. The zero-order chi connectivity index (χ0) is 13.8. The molecule has 1 atom stereocenters. The van der Waals surface area contributed by atoms with Crippen molar-refractivity contribution in [2.24, 2.45) is 5.92 Å². The van der Waals surface area contributed by atoms with Crippen molar-refractivity contribution < 1.29 is 4.74 Å². The highest BCUT2D eigenvalue weighted by Crippen LogP contribution is 2.35. The van der Waals surface area contributed by atoms with E-state index in [-0.39, 0.29) is 6.04 Å². The fraction of sp³-hybridized carbons (Fsp3) is 0.333. The van der Waals surface area contributed by atoms with Crippen LogP contribution >= 0.6 is 22.9 Å². The largest absolute Gasteiger partial charge is 0.495 e. The van der Waals surface area contributed by atoms with Crippen molar-refractivity contribution in [1.82, 2.24) is 0 Å². The van der Waals surface area contributed by atoms with Crippen LogP contribution in [0, 0.1) is 5.92 Å². The Balaban J connectivity index is 2.29. The lowest BCUT2D eigenvalue weighted by Gasteiger charge is -2.23. The lowest BCUT2D eigenvalue weighted by Crippen LogP contribution is -2.16. The third kappa shape index (κ3) is 3.43. The highest BCUT2D eigenvalue weighted by molar-refractivity contribution is 7.10. The summed E-state index contributed by atoms with van der Waals surface area (Å²) >= 11 is 7.83. The predicted octanol–water partition coefficient (Wildman–Crippen LogP) is 5.22. The van der Waals surface area contributed by atoms with Crippen LogP contribution in [0.5, 0.6) is 5.75 Å². The average molecular weight is 296 g/mol. The minimum absolute atomic E-state index is 0.257. The number of halogens is 1. The molecule has 0 bridgehead atoms. The maximum Gasteiger partial charge on any atom is 0.142 e. The van der Waals surface area contributed by atoms with Crippen LogP contribution in [0.1, 0.15) is 24.8 Å². The number of nitrogens with one attached hydrogen (secondary N) is 1. The topological polar surface area (TPSA) is 21.3 Å². The van der Waals surface area contributed by atoms with E-state index in [2.05, 4.69) is 36.7 Å². The van der Waals surface area contributed by atoms with Gasteiger partial charge in [0.15, 0.2) is 0 Å². The molecule has 0 radical (unpaired) electrons. The van der Waals surface area contributed by atoms with E-state index in [4.69, 9.17) is 16.3 Å². The number of hydrogen-bond donors (Lipinski definition) is 1. The monoisotopic (exact) mass is 295 g/mol. The third-order valence-corrected chi connectivity index (χ3v) is 4.18. The van der Waals surface area contributed by atoms with Crippen molar-refractivity contribution in [3.05, 3.63) is 45.6 Å². The number of methoxy groups -OCH3 is 1. The van der Waals surface area contributed by atoms with E-state index < -0.39 is 0 Å². The van der Waals surface area contributed by atoms with E-state index >= 15 is 0 Å². The molecule has 1 heterocycles. The summed E-state index contributed by atoms with van der Waals surface area (Å²) in [7, 11) is 1.67. The zero-order valence-corrected chi connectivity index (χ0v) is 12.9. The quantitative estimate of drug-likeness (QED) is 0.816. The number of benzene rings is 1. The minimum atomic E-state index is 0.257. The molecule has 0 aliphatic carbocycles. The first-order valence-corrected chi connectivity index (χ1v) is 7.51. The van der Waals surface area contributed by atoms with Crippen LogP contribution in [-0.4, -0.2) is 7.11 Å². The Morgan fingerprint density at radius 2 is 2.05 bits per heavy atom. The second kappa shape index (κ2) is 6.31. The Kier molecular flexibility index (Phi) is 4.72. The highest BCUT2D eigenvalue weighted by atomic mass is 35.5. The smallest absolute Gasteiger partial charge is 0.142 e. The fourth-order valence-electron chi connectivity index (χ4n) is 2.00. The molecule has 0 spiro atoms. The van der Waals surface area contributed by atoms with Crippen molar-refractivity contribution in [2.75, 3.05) is 12.4 Å². The van der Waals surface area contributed by atoms with Crippen LogP contribution in [0.15, 0.2) is 35.7 Å². The molecular weight excluding hydrogens is 278 g/mol. The van der Waals surface area contributed by atoms with Gasteiger partial charge in [0.25, 0.3) is 0 Å². The van der Waals surface area contributed by atoms with Crippen molar-refractivity contribution in [3.8, 4) is 5.75 Å². The van der Waals surface area contributed by atoms with Crippen LogP contribution in [0.3, 0.4) is 0 Å². The standard InChI is InChI=1S/C15H18ClNOS/c1-10(2)15(14-5-4-8-19-14)17-12-9-11(16)6-7-13(12)18-3/h4-10,15,17H,1-3H3. The molecule has 0 fully saturated rings. The number of rotatable bonds is 5. The average Bonchev–Trinajstić information content (AvgIpc) is 2.89. The summed E-state index contributed by atoms with van der Waals surface area (Å²) in [6.07, 6.45) is 0. The first kappa shape index (κ1) is 14.2. The van der Waals surface area contributed by atoms with Gasteiger partial charge in [0.2, 0.25) is 0 Å². The number of anilines is 1. The Labute approximate surface area is 123 Å². The predicted molar refractivity (Wildman–Crippen MR) is 83.5 cm³/mol. The summed E-state index contributed by atoms with van der Waals surface area (Å²) in [5.41, 5.74) is 0.933. The Morgan fingerprint density at radius 3 is 2.63 bits per heavy atom. The van der Waals surface area contributed by atoms with E-state index in [0.717, 1.165) is 11.4 Å². The van der Waals surface area contributed by atoms with Gasteiger partial charge in [-0.3, -0.25) is 0 Å². The zero-order valence-electron chi connectivity index (χ0n) is 11.3. The molecule has 4 heteroatoms. The molecule has 1 aromatic carbocycles. The normalized spacial score (nSPS) is 12.5. The van der Waals surface area contributed by atoms with E-state index in [0.29, 0.717) is 10.9 Å². The molecule has 0 saturated heterocycles. The van der Waals surface area contributed by atoms with Crippen LogP contribution in [0.2, 0.25) is 5.02 Å². The molecular formula is C15H18ClNOS. The number of hydrogen-bond acceptors (Lipinski definition) is 3. The van der Waals surface area contributed by atoms with Gasteiger partial charge in [-0.2, -0.15) is 0 Å². The molecule has 1 N–H and O–H groups in total. The summed E-state index contributed by atoms with van der Waals surface area (Å²) in [5.74, 6) is 1.29. The van der Waals surface area contributed by atoms with E-state index in [1.165, 1.54) is 4.88 Å². The van der Waals surface area contributed by atoms with Crippen molar-refractivity contribution >= 4 is 28.6 Å². The molecule has 2 nitrogen and oxygen atoms in total. The second-order valence-corrected chi connectivity index (χ2v) is 6.14. The summed E-state index contributed by atoms with van der Waals surface area (Å²) in [5, 5.41) is 6.35. The number of ether oxygens (including phenoxy) is 1. The molecule has 1 unspecified atom stereocenters. The van der Waals surface area contributed by atoms with Gasteiger partial charge in [-0.25, -0.2) is 0 Å². The molecule has 0 amide bonds. The SMILES string of the molecule is COc1ccc(Cl)cc1NC(c1cccs1)C(C)C. The molecule has 0 aliphatic heterocycles. The summed E-state index contributed by atoms with van der Waals surface area (Å²) in [6.45, 7) is 4.41. The van der Waals surface area contributed by atoms with Crippen molar-refractivity contribution in [3.63, 3.8) is 0 Å². The Morgan fingerprint density at radius 1 is 1.26 bits per heavy atom. The van der Waals surface area contributed by atoms with Gasteiger partial charge in [-0.1, -0.05) is 31.5 Å². The molecule has 0 aliphatic rings. The van der Waals surface area contributed by atoms with Crippen molar-refractivity contribution in [2.45, 2.75) is 19.9 Å². The van der Waals surface area contributed by atoms with Gasteiger partial charge in [0.05, 0.1) is 18.8 Å². The first-order valence-electron chi connectivity index (χ1n) is 6.25. The summed E-state index contributed by atoms with van der Waals surface area (Å²) in [6, 6.07) is 10.1.